The van der Waals surface area contributed by atoms with Crippen LogP contribution < -0.4 is 16.4 Å². The van der Waals surface area contributed by atoms with Crippen LogP contribution in [0.2, 0.25) is 0 Å². The van der Waals surface area contributed by atoms with Crippen LogP contribution >= 0.6 is 0 Å². The molecule has 5 rings (SSSR count). The van der Waals surface area contributed by atoms with Gasteiger partial charge < -0.3 is 21.4 Å². The molecule has 0 bridgehead atoms. The molecule has 3 aromatic carbocycles. The van der Waals surface area contributed by atoms with Crippen LogP contribution in [0.4, 0.5) is 11.4 Å². The third-order valence-electron chi connectivity index (χ3n) is 5.60. The fourth-order valence-corrected chi connectivity index (χ4v) is 3.71. The van der Waals surface area contributed by atoms with E-state index in [1.54, 1.807) is 18.5 Å². The zero-order chi connectivity index (χ0) is 23.3. The van der Waals surface area contributed by atoms with Crippen molar-refractivity contribution in [3.63, 3.8) is 0 Å². The number of pyridine rings is 1. The van der Waals surface area contributed by atoms with Crippen LogP contribution in [0.3, 0.4) is 0 Å². The largest absolute Gasteiger partial charge is 0.397 e. The minimum Gasteiger partial charge on any atom is -0.397 e. The van der Waals surface area contributed by atoms with Crippen LogP contribution in [0.1, 0.15) is 21.5 Å². The molecule has 0 unspecified atom stereocenters. The number of amides is 1. The first-order valence-corrected chi connectivity index (χ1v) is 11.0. The molecule has 34 heavy (non-hydrogen) atoms. The highest BCUT2D eigenvalue weighted by Gasteiger charge is 2.10. The first-order chi connectivity index (χ1) is 16.7. The molecule has 1 amide bonds. The van der Waals surface area contributed by atoms with E-state index in [1.165, 1.54) is 0 Å². The summed E-state index contributed by atoms with van der Waals surface area (Å²) in [5.74, 6) is 0.593. The Morgan fingerprint density at radius 2 is 1.71 bits per heavy atom. The maximum atomic E-state index is 12.7. The predicted molar refractivity (Wildman–Crippen MR) is 135 cm³/mol. The smallest absolute Gasteiger partial charge is 0.251 e. The lowest BCUT2D eigenvalue weighted by atomic mass is 10.1. The summed E-state index contributed by atoms with van der Waals surface area (Å²) in [6.07, 6.45) is 3.48. The van der Waals surface area contributed by atoms with Gasteiger partial charge in [0.1, 0.15) is 5.82 Å². The Morgan fingerprint density at radius 3 is 2.47 bits per heavy atom. The number of carbonyl (C=O) groups excluding carboxylic acids is 1. The molecule has 0 aliphatic heterocycles. The number of nitrogens with zero attached hydrogens (tertiary/aromatic N) is 2. The lowest BCUT2D eigenvalue weighted by Gasteiger charge is -2.10. The number of rotatable bonds is 7. The Bertz CT molecular complexity index is 1430. The Kier molecular flexibility index (Phi) is 5.90. The molecule has 168 valence electrons. The number of anilines is 2. The second kappa shape index (κ2) is 9.46. The summed E-state index contributed by atoms with van der Waals surface area (Å²) in [5.41, 5.74) is 12.9. The summed E-state index contributed by atoms with van der Waals surface area (Å²) >= 11 is 0. The van der Waals surface area contributed by atoms with E-state index in [4.69, 9.17) is 5.73 Å². The van der Waals surface area contributed by atoms with Gasteiger partial charge in [0.25, 0.3) is 5.91 Å². The van der Waals surface area contributed by atoms with Gasteiger partial charge in [0.05, 0.1) is 22.4 Å². The number of aromatic nitrogens is 3. The van der Waals surface area contributed by atoms with Crippen LogP contribution in [-0.2, 0) is 13.1 Å². The van der Waals surface area contributed by atoms with E-state index in [9.17, 15) is 4.79 Å². The second-order valence-corrected chi connectivity index (χ2v) is 8.00. The minimum atomic E-state index is -0.135. The molecular formula is C27H24N6O. The van der Waals surface area contributed by atoms with Gasteiger partial charge in [0.2, 0.25) is 0 Å². The van der Waals surface area contributed by atoms with Gasteiger partial charge in [0, 0.05) is 36.6 Å². The van der Waals surface area contributed by atoms with Gasteiger partial charge in [-0.2, -0.15) is 0 Å². The average Bonchev–Trinajstić information content (AvgIpc) is 3.31. The summed E-state index contributed by atoms with van der Waals surface area (Å²) in [6.45, 7) is 1.12. The molecule has 0 atom stereocenters. The number of fused-ring (bicyclic) bond motifs is 1. The minimum absolute atomic E-state index is 0.135. The van der Waals surface area contributed by atoms with E-state index >= 15 is 0 Å². The van der Waals surface area contributed by atoms with E-state index in [0.29, 0.717) is 18.7 Å². The highest BCUT2D eigenvalue weighted by Crippen LogP contribution is 2.21. The normalized spacial score (nSPS) is 10.8. The van der Waals surface area contributed by atoms with Crippen molar-refractivity contribution in [3.05, 3.63) is 108 Å². The van der Waals surface area contributed by atoms with Gasteiger partial charge in [-0.05, 0) is 53.6 Å². The average molecular weight is 449 g/mol. The lowest BCUT2D eigenvalue weighted by Crippen LogP contribution is -2.22. The van der Waals surface area contributed by atoms with E-state index in [1.807, 2.05) is 72.8 Å². The number of benzene rings is 3. The van der Waals surface area contributed by atoms with Crippen LogP contribution in [-0.4, -0.2) is 20.9 Å². The lowest BCUT2D eigenvalue weighted by molar-refractivity contribution is 0.0951. The zero-order valence-corrected chi connectivity index (χ0v) is 18.5. The topological polar surface area (TPSA) is 109 Å². The molecule has 0 radical (unpaired) electrons. The fourth-order valence-electron chi connectivity index (χ4n) is 3.71. The van der Waals surface area contributed by atoms with Gasteiger partial charge in [-0.25, -0.2) is 4.98 Å². The van der Waals surface area contributed by atoms with Crippen LogP contribution in [0, 0.1) is 0 Å². The molecule has 0 aliphatic rings. The van der Waals surface area contributed by atoms with E-state index in [-0.39, 0.29) is 5.91 Å². The molecule has 0 spiro atoms. The molecule has 2 aromatic heterocycles. The molecule has 5 N–H and O–H groups in total. The molecule has 2 heterocycles. The summed E-state index contributed by atoms with van der Waals surface area (Å²) in [7, 11) is 0. The number of nitrogens with one attached hydrogen (secondary N) is 3. The molecule has 0 fully saturated rings. The Balaban J connectivity index is 1.19. The summed E-state index contributed by atoms with van der Waals surface area (Å²) in [6, 6.07) is 25.1. The molecule has 0 saturated carbocycles. The maximum absolute atomic E-state index is 12.7. The maximum Gasteiger partial charge on any atom is 0.251 e. The van der Waals surface area contributed by atoms with Gasteiger partial charge in [-0.15, -0.1) is 0 Å². The Hall–Kier alpha value is -4.65. The number of H-pyrrole nitrogens is 1. The summed E-state index contributed by atoms with van der Waals surface area (Å²) < 4.78 is 0. The number of imidazole rings is 1. The van der Waals surface area contributed by atoms with Crippen molar-refractivity contribution in [2.75, 3.05) is 11.1 Å². The molecular weight excluding hydrogens is 424 g/mol. The molecule has 7 nitrogen and oxygen atoms in total. The van der Waals surface area contributed by atoms with Crippen molar-refractivity contribution in [2.24, 2.45) is 0 Å². The highest BCUT2D eigenvalue weighted by atomic mass is 16.1. The molecule has 0 saturated heterocycles. The van der Waals surface area contributed by atoms with Crippen molar-refractivity contribution in [2.45, 2.75) is 13.1 Å². The zero-order valence-electron chi connectivity index (χ0n) is 18.5. The fraction of sp³-hybridized carbons (Fsp3) is 0.0741. The van der Waals surface area contributed by atoms with Gasteiger partial charge in [-0.1, -0.05) is 36.4 Å². The second-order valence-electron chi connectivity index (χ2n) is 8.00. The number of aromatic amines is 1. The first-order valence-electron chi connectivity index (χ1n) is 11.0. The van der Waals surface area contributed by atoms with Crippen molar-refractivity contribution < 1.29 is 4.79 Å². The van der Waals surface area contributed by atoms with Crippen molar-refractivity contribution in [1.82, 2.24) is 20.3 Å². The number of hydrogen-bond donors (Lipinski definition) is 4. The summed E-state index contributed by atoms with van der Waals surface area (Å²) in [4.78, 5) is 24.7. The number of nitrogens with two attached hydrogens (primary N) is 1. The van der Waals surface area contributed by atoms with Crippen LogP contribution in [0.5, 0.6) is 0 Å². The first kappa shape index (κ1) is 21.2. The van der Waals surface area contributed by atoms with Gasteiger partial charge in [0.15, 0.2) is 0 Å². The standard InChI is InChI=1S/C27H24N6O/c28-22-5-1-2-6-23(22)30-15-18-7-9-19(10-8-18)16-31-27(34)20-11-12-24-25(14-20)33-26(32-24)21-4-3-13-29-17-21/h1-14,17,30H,15-16,28H2,(H,31,34)(H,32,33). The van der Waals surface area contributed by atoms with E-state index in [2.05, 4.69) is 25.6 Å². The van der Waals surface area contributed by atoms with Crippen molar-refractivity contribution in [3.8, 4) is 11.4 Å². The highest BCUT2D eigenvalue weighted by molar-refractivity contribution is 5.97. The Labute approximate surface area is 197 Å². The molecule has 0 aliphatic carbocycles. The van der Waals surface area contributed by atoms with Crippen LogP contribution in [0.15, 0.2) is 91.3 Å². The molecule has 5 aromatic rings. The Morgan fingerprint density at radius 1 is 0.912 bits per heavy atom. The van der Waals surface area contributed by atoms with Crippen molar-refractivity contribution >= 4 is 28.3 Å². The number of carbonyl (C=O) groups is 1. The number of nitrogen functional groups attached to an aromatic ring is 1. The summed E-state index contributed by atoms with van der Waals surface area (Å²) in [5, 5.41) is 6.33. The van der Waals surface area contributed by atoms with Gasteiger partial charge >= 0.3 is 0 Å². The predicted octanol–water partition coefficient (Wildman–Crippen LogP) is 4.75. The monoisotopic (exact) mass is 448 g/mol. The SMILES string of the molecule is Nc1ccccc1NCc1ccc(CNC(=O)c2ccc3nc(-c4cccnc4)[nH]c3c2)cc1. The quantitative estimate of drug-likeness (QED) is 0.269. The third-order valence-corrected chi connectivity index (χ3v) is 5.60. The molecule has 7 heteroatoms. The number of para-hydroxylation sites is 2. The van der Waals surface area contributed by atoms with Gasteiger partial charge in [-0.3, -0.25) is 9.78 Å². The number of hydrogen-bond acceptors (Lipinski definition) is 5. The van der Waals surface area contributed by atoms with E-state index in [0.717, 1.165) is 44.9 Å². The third kappa shape index (κ3) is 4.73. The van der Waals surface area contributed by atoms with Crippen molar-refractivity contribution in [1.29, 1.82) is 0 Å². The van der Waals surface area contributed by atoms with E-state index < -0.39 is 0 Å². The van der Waals surface area contributed by atoms with Crippen LogP contribution in [0.25, 0.3) is 22.4 Å².